The minimum absolute atomic E-state index is 0.0872. The normalized spacial score (nSPS) is 13.8. The Morgan fingerprint density at radius 1 is 0.649 bits per heavy atom. The topological polar surface area (TPSA) is 283 Å². The maximum absolute atomic E-state index is 12.7. The van der Waals surface area contributed by atoms with Gasteiger partial charge < -0.3 is 47.2 Å². The SMILES string of the molecule is NC(CC(=O)O)C(=O)NC(CC(=O)O)C(=O)NC(CC(=O)O)C(=O)NC(Cc1ccc(O)cc1)C(=O)O. The molecule has 0 aliphatic rings. The van der Waals surface area contributed by atoms with E-state index >= 15 is 0 Å². The van der Waals surface area contributed by atoms with Gasteiger partial charge >= 0.3 is 23.9 Å². The summed E-state index contributed by atoms with van der Waals surface area (Å²) in [4.78, 5) is 82.1. The molecule has 0 saturated carbocycles. The third-order valence-electron chi connectivity index (χ3n) is 4.75. The Labute approximate surface area is 208 Å². The number of carboxylic acid groups (broad SMARTS) is 4. The molecule has 16 nitrogen and oxygen atoms in total. The molecule has 3 amide bonds. The number of aliphatic carboxylic acids is 4. The largest absolute Gasteiger partial charge is 0.508 e. The zero-order chi connectivity index (χ0) is 28.3. The molecule has 4 unspecified atom stereocenters. The lowest BCUT2D eigenvalue weighted by Gasteiger charge is -2.24. The summed E-state index contributed by atoms with van der Waals surface area (Å²) in [6.45, 7) is 0. The molecule has 1 rings (SSSR count). The van der Waals surface area contributed by atoms with Crippen LogP contribution < -0.4 is 21.7 Å². The van der Waals surface area contributed by atoms with E-state index in [1.165, 1.54) is 24.3 Å². The maximum atomic E-state index is 12.7. The first-order valence-corrected chi connectivity index (χ1v) is 10.5. The van der Waals surface area contributed by atoms with Crippen LogP contribution in [-0.2, 0) is 40.0 Å². The molecule has 0 fully saturated rings. The lowest BCUT2D eigenvalue weighted by atomic mass is 10.0. The Hall–Kier alpha value is -4.73. The molecule has 0 aliphatic heterocycles. The third kappa shape index (κ3) is 11.0. The van der Waals surface area contributed by atoms with Gasteiger partial charge in [-0.1, -0.05) is 12.1 Å². The molecule has 37 heavy (non-hydrogen) atoms. The van der Waals surface area contributed by atoms with Crippen LogP contribution in [0.1, 0.15) is 24.8 Å². The summed E-state index contributed by atoms with van der Waals surface area (Å²) in [5.74, 6) is -9.92. The van der Waals surface area contributed by atoms with Crippen molar-refractivity contribution in [3.8, 4) is 5.75 Å². The van der Waals surface area contributed by atoms with E-state index in [-0.39, 0.29) is 12.2 Å². The number of nitrogens with two attached hydrogens (primary N) is 1. The van der Waals surface area contributed by atoms with E-state index in [4.69, 9.17) is 21.1 Å². The Kier molecular flexibility index (Phi) is 11.4. The number of amides is 3. The quantitative estimate of drug-likeness (QED) is 0.112. The van der Waals surface area contributed by atoms with Crippen molar-refractivity contribution in [3.63, 3.8) is 0 Å². The summed E-state index contributed by atoms with van der Waals surface area (Å²) in [7, 11) is 0. The lowest BCUT2D eigenvalue weighted by Crippen LogP contribution is -2.58. The molecule has 10 N–H and O–H groups in total. The molecular formula is C21H26N4O12. The van der Waals surface area contributed by atoms with Crippen molar-refractivity contribution in [3.05, 3.63) is 29.8 Å². The number of benzene rings is 1. The van der Waals surface area contributed by atoms with Gasteiger partial charge in [-0.05, 0) is 17.7 Å². The molecule has 0 saturated heterocycles. The summed E-state index contributed by atoms with van der Waals surface area (Å²) in [5, 5.41) is 51.6. The van der Waals surface area contributed by atoms with Crippen LogP contribution >= 0.6 is 0 Å². The molecule has 4 atom stereocenters. The second kappa shape index (κ2) is 14.0. The maximum Gasteiger partial charge on any atom is 0.326 e. The van der Waals surface area contributed by atoms with Crippen LogP contribution in [0.4, 0.5) is 0 Å². The highest BCUT2D eigenvalue weighted by Crippen LogP contribution is 2.12. The van der Waals surface area contributed by atoms with Gasteiger partial charge in [-0.25, -0.2) is 4.79 Å². The second-order valence-electron chi connectivity index (χ2n) is 7.79. The highest BCUT2D eigenvalue weighted by Gasteiger charge is 2.33. The van der Waals surface area contributed by atoms with E-state index < -0.39 is 85.0 Å². The number of nitrogens with one attached hydrogen (secondary N) is 3. The smallest absolute Gasteiger partial charge is 0.326 e. The van der Waals surface area contributed by atoms with Gasteiger partial charge in [0, 0.05) is 6.42 Å². The first-order chi connectivity index (χ1) is 17.2. The van der Waals surface area contributed by atoms with Crippen molar-refractivity contribution in [2.75, 3.05) is 0 Å². The molecule has 1 aromatic carbocycles. The van der Waals surface area contributed by atoms with E-state index in [9.17, 15) is 43.8 Å². The second-order valence-corrected chi connectivity index (χ2v) is 7.79. The van der Waals surface area contributed by atoms with E-state index in [2.05, 4.69) is 5.32 Å². The van der Waals surface area contributed by atoms with Crippen molar-refractivity contribution in [2.24, 2.45) is 5.73 Å². The van der Waals surface area contributed by atoms with E-state index in [1.54, 1.807) is 0 Å². The summed E-state index contributed by atoms with van der Waals surface area (Å²) >= 11 is 0. The van der Waals surface area contributed by atoms with Crippen LogP contribution in [0.25, 0.3) is 0 Å². The lowest BCUT2D eigenvalue weighted by molar-refractivity contribution is -0.145. The van der Waals surface area contributed by atoms with Gasteiger partial charge in [0.05, 0.1) is 25.3 Å². The van der Waals surface area contributed by atoms with E-state index in [1.807, 2.05) is 10.6 Å². The van der Waals surface area contributed by atoms with Gasteiger partial charge in [0.15, 0.2) is 0 Å². The van der Waals surface area contributed by atoms with Crippen molar-refractivity contribution in [2.45, 2.75) is 49.9 Å². The highest BCUT2D eigenvalue weighted by molar-refractivity contribution is 5.97. The third-order valence-corrected chi connectivity index (χ3v) is 4.75. The van der Waals surface area contributed by atoms with Crippen LogP contribution in [0.2, 0.25) is 0 Å². The zero-order valence-electron chi connectivity index (χ0n) is 19.1. The summed E-state index contributed by atoms with van der Waals surface area (Å²) in [5.41, 5.74) is 5.78. The molecule has 0 aliphatic carbocycles. The highest BCUT2D eigenvalue weighted by atomic mass is 16.4. The Morgan fingerprint density at radius 3 is 1.46 bits per heavy atom. The number of carboxylic acids is 4. The minimum atomic E-state index is -1.88. The number of rotatable bonds is 15. The molecule has 0 spiro atoms. The number of hydrogen-bond acceptors (Lipinski definition) is 9. The van der Waals surface area contributed by atoms with Crippen LogP contribution in [-0.4, -0.2) is 91.3 Å². The minimum Gasteiger partial charge on any atom is -0.508 e. The molecule has 16 heteroatoms. The van der Waals surface area contributed by atoms with Crippen molar-refractivity contribution < 1.29 is 59.1 Å². The summed E-state index contributed by atoms with van der Waals surface area (Å²) in [6.07, 6.45) is -3.17. The number of carbonyl (C=O) groups is 7. The van der Waals surface area contributed by atoms with Crippen LogP contribution in [0, 0.1) is 0 Å². The predicted molar refractivity (Wildman–Crippen MR) is 120 cm³/mol. The average Bonchev–Trinajstić information content (AvgIpc) is 2.77. The number of phenols is 1. The number of hydrogen-bond donors (Lipinski definition) is 9. The molecule has 0 bridgehead atoms. The van der Waals surface area contributed by atoms with Crippen LogP contribution in [0.15, 0.2) is 24.3 Å². The Morgan fingerprint density at radius 2 is 1.05 bits per heavy atom. The monoisotopic (exact) mass is 526 g/mol. The van der Waals surface area contributed by atoms with Gasteiger partial charge in [-0.3, -0.25) is 28.8 Å². The van der Waals surface area contributed by atoms with E-state index in [0.29, 0.717) is 5.56 Å². The van der Waals surface area contributed by atoms with Gasteiger partial charge in [0.2, 0.25) is 17.7 Å². The van der Waals surface area contributed by atoms with Gasteiger partial charge in [-0.15, -0.1) is 0 Å². The van der Waals surface area contributed by atoms with Crippen molar-refractivity contribution in [1.29, 1.82) is 0 Å². The Bertz CT molecular complexity index is 1040. The molecule has 0 heterocycles. The number of phenolic OH excluding ortho intramolecular Hbond substituents is 1. The van der Waals surface area contributed by atoms with Crippen LogP contribution in [0.3, 0.4) is 0 Å². The van der Waals surface area contributed by atoms with Gasteiger partial charge in [-0.2, -0.15) is 0 Å². The van der Waals surface area contributed by atoms with Crippen molar-refractivity contribution >= 4 is 41.6 Å². The predicted octanol–water partition coefficient (Wildman–Crippen LogP) is -2.77. The molecule has 0 radical (unpaired) electrons. The van der Waals surface area contributed by atoms with Gasteiger partial charge in [0.25, 0.3) is 0 Å². The fourth-order valence-corrected chi connectivity index (χ4v) is 2.94. The standard InChI is InChI=1S/C21H26N4O12/c22-11(6-15(27)28)18(33)23-12(7-16(29)30)19(34)24-13(8-17(31)32)20(35)25-14(21(36)37)5-9-1-3-10(26)4-2-9/h1-4,11-14,26H,5-8,22H2,(H,23,33)(H,24,34)(H,25,35)(H,27,28)(H,29,30)(H,31,32)(H,36,37). The molecule has 1 aromatic rings. The average molecular weight is 526 g/mol. The zero-order valence-corrected chi connectivity index (χ0v) is 19.1. The Balaban J connectivity index is 3.04. The first-order valence-electron chi connectivity index (χ1n) is 10.5. The molecular weight excluding hydrogens is 500 g/mol. The fraction of sp³-hybridized carbons (Fsp3) is 0.381. The fourth-order valence-electron chi connectivity index (χ4n) is 2.94. The number of aromatic hydroxyl groups is 1. The summed E-state index contributed by atoms with van der Waals surface area (Å²) in [6, 6.07) is -1.63. The van der Waals surface area contributed by atoms with Crippen LogP contribution in [0.5, 0.6) is 5.75 Å². The van der Waals surface area contributed by atoms with Crippen molar-refractivity contribution in [1.82, 2.24) is 16.0 Å². The molecule has 0 aromatic heterocycles. The summed E-state index contributed by atoms with van der Waals surface area (Å²) < 4.78 is 0. The first kappa shape index (κ1) is 30.3. The van der Waals surface area contributed by atoms with E-state index in [0.717, 1.165) is 0 Å². The van der Waals surface area contributed by atoms with Gasteiger partial charge in [0.1, 0.15) is 23.9 Å². The number of carbonyl (C=O) groups excluding carboxylic acids is 3. The molecule has 202 valence electrons.